The Bertz CT molecular complexity index is 200. The molecule has 0 bridgehead atoms. The molecule has 0 aromatic rings. The predicted molar refractivity (Wildman–Crippen MR) is 61.5 cm³/mol. The number of amides is 1. The minimum atomic E-state index is 0.0754. The molecule has 0 radical (unpaired) electrons. The Balaban J connectivity index is 2.58. The summed E-state index contributed by atoms with van der Waals surface area (Å²) in [4.78, 5) is 14.0. The molecule has 0 saturated carbocycles. The Morgan fingerprint density at radius 2 is 2.07 bits per heavy atom. The topological polar surface area (TPSA) is 58.4 Å². The van der Waals surface area contributed by atoms with Gasteiger partial charge in [0, 0.05) is 25.0 Å². The Kier molecular flexibility index (Phi) is 5.05. The monoisotopic (exact) mass is 213 g/mol. The SMILES string of the molecule is CC(C)C(=O)N(CCN)C1CCNCC1. The molecule has 1 rings (SSSR count). The first-order valence-corrected chi connectivity index (χ1v) is 5.88. The summed E-state index contributed by atoms with van der Waals surface area (Å²) in [5.74, 6) is 0.318. The summed E-state index contributed by atoms with van der Waals surface area (Å²) in [6.45, 7) is 7.18. The number of hydrogen-bond donors (Lipinski definition) is 2. The molecule has 0 aromatic heterocycles. The maximum absolute atomic E-state index is 12.0. The maximum atomic E-state index is 12.0. The van der Waals surface area contributed by atoms with Crippen LogP contribution in [-0.2, 0) is 4.79 Å². The van der Waals surface area contributed by atoms with Crippen LogP contribution in [0.2, 0.25) is 0 Å². The standard InChI is InChI=1S/C11H23N3O/c1-9(2)11(15)14(8-5-12)10-3-6-13-7-4-10/h9-10,13H,3-8,12H2,1-2H3. The molecule has 4 nitrogen and oxygen atoms in total. The van der Waals surface area contributed by atoms with E-state index in [4.69, 9.17) is 5.73 Å². The van der Waals surface area contributed by atoms with Crippen molar-refractivity contribution in [3.8, 4) is 0 Å². The zero-order chi connectivity index (χ0) is 11.3. The van der Waals surface area contributed by atoms with E-state index in [1.807, 2.05) is 18.7 Å². The predicted octanol–water partition coefficient (Wildman–Crippen LogP) is 0.182. The van der Waals surface area contributed by atoms with Gasteiger partial charge in [-0.15, -0.1) is 0 Å². The Morgan fingerprint density at radius 3 is 2.53 bits per heavy atom. The van der Waals surface area contributed by atoms with E-state index in [1.165, 1.54) is 0 Å². The van der Waals surface area contributed by atoms with Gasteiger partial charge in [-0.05, 0) is 25.9 Å². The van der Waals surface area contributed by atoms with Gasteiger partial charge in [-0.1, -0.05) is 13.8 Å². The van der Waals surface area contributed by atoms with Crippen LogP contribution in [0.1, 0.15) is 26.7 Å². The summed E-state index contributed by atoms with van der Waals surface area (Å²) in [6.07, 6.45) is 2.11. The lowest BCUT2D eigenvalue weighted by atomic mass is 10.0. The number of rotatable bonds is 4. The highest BCUT2D eigenvalue weighted by Gasteiger charge is 2.25. The van der Waals surface area contributed by atoms with E-state index in [2.05, 4.69) is 5.32 Å². The molecule has 0 aliphatic carbocycles. The summed E-state index contributed by atoms with van der Waals surface area (Å²) in [5.41, 5.74) is 5.56. The van der Waals surface area contributed by atoms with Crippen molar-refractivity contribution in [3.63, 3.8) is 0 Å². The minimum absolute atomic E-state index is 0.0754. The number of carbonyl (C=O) groups is 1. The second-order valence-corrected chi connectivity index (χ2v) is 4.46. The normalized spacial score (nSPS) is 18.1. The molecule has 3 N–H and O–H groups in total. The molecule has 1 saturated heterocycles. The van der Waals surface area contributed by atoms with Gasteiger partial charge in [0.2, 0.25) is 5.91 Å². The highest BCUT2D eigenvalue weighted by atomic mass is 16.2. The molecular formula is C11H23N3O. The van der Waals surface area contributed by atoms with Crippen molar-refractivity contribution in [1.29, 1.82) is 0 Å². The average molecular weight is 213 g/mol. The Labute approximate surface area is 92.2 Å². The molecule has 0 aromatic carbocycles. The van der Waals surface area contributed by atoms with Gasteiger partial charge in [-0.2, -0.15) is 0 Å². The van der Waals surface area contributed by atoms with Crippen molar-refractivity contribution in [3.05, 3.63) is 0 Å². The van der Waals surface area contributed by atoms with Crippen molar-refractivity contribution < 1.29 is 4.79 Å². The number of nitrogens with two attached hydrogens (primary N) is 1. The second-order valence-electron chi connectivity index (χ2n) is 4.46. The quantitative estimate of drug-likeness (QED) is 0.700. The summed E-state index contributed by atoms with van der Waals surface area (Å²) in [6, 6.07) is 0.393. The molecule has 1 aliphatic heterocycles. The molecule has 0 unspecified atom stereocenters. The first kappa shape index (κ1) is 12.5. The van der Waals surface area contributed by atoms with E-state index in [9.17, 15) is 4.79 Å². The molecule has 1 fully saturated rings. The van der Waals surface area contributed by atoms with Crippen LogP contribution in [0.4, 0.5) is 0 Å². The van der Waals surface area contributed by atoms with Gasteiger partial charge in [-0.25, -0.2) is 0 Å². The molecule has 0 atom stereocenters. The van der Waals surface area contributed by atoms with Crippen molar-refractivity contribution in [2.24, 2.45) is 11.7 Å². The van der Waals surface area contributed by atoms with Gasteiger partial charge in [0.05, 0.1) is 0 Å². The van der Waals surface area contributed by atoms with Crippen LogP contribution in [0.3, 0.4) is 0 Å². The highest BCUT2D eigenvalue weighted by Crippen LogP contribution is 2.14. The highest BCUT2D eigenvalue weighted by molar-refractivity contribution is 5.78. The van der Waals surface area contributed by atoms with Crippen LogP contribution < -0.4 is 11.1 Å². The van der Waals surface area contributed by atoms with Gasteiger partial charge in [0.1, 0.15) is 0 Å². The molecule has 1 amide bonds. The third-order valence-corrected chi connectivity index (χ3v) is 2.90. The summed E-state index contributed by atoms with van der Waals surface area (Å²) < 4.78 is 0. The molecule has 88 valence electrons. The van der Waals surface area contributed by atoms with Crippen molar-refractivity contribution >= 4 is 5.91 Å². The fourth-order valence-corrected chi connectivity index (χ4v) is 2.06. The maximum Gasteiger partial charge on any atom is 0.225 e. The largest absolute Gasteiger partial charge is 0.338 e. The van der Waals surface area contributed by atoms with E-state index in [-0.39, 0.29) is 11.8 Å². The smallest absolute Gasteiger partial charge is 0.225 e. The van der Waals surface area contributed by atoms with Gasteiger partial charge < -0.3 is 16.0 Å². The van der Waals surface area contributed by atoms with Gasteiger partial charge in [0.25, 0.3) is 0 Å². The molecular weight excluding hydrogens is 190 g/mol. The lowest BCUT2D eigenvalue weighted by molar-refractivity contribution is -0.137. The molecule has 1 aliphatic rings. The van der Waals surface area contributed by atoms with Gasteiger partial charge in [0.15, 0.2) is 0 Å². The third-order valence-electron chi connectivity index (χ3n) is 2.90. The fourth-order valence-electron chi connectivity index (χ4n) is 2.06. The third kappa shape index (κ3) is 3.47. The van der Waals surface area contributed by atoms with Crippen LogP contribution in [0.5, 0.6) is 0 Å². The van der Waals surface area contributed by atoms with Crippen molar-refractivity contribution in [1.82, 2.24) is 10.2 Å². The van der Waals surface area contributed by atoms with Crippen LogP contribution in [0, 0.1) is 5.92 Å². The minimum Gasteiger partial charge on any atom is -0.338 e. The zero-order valence-electron chi connectivity index (χ0n) is 9.83. The second kappa shape index (κ2) is 6.08. The summed E-state index contributed by atoms with van der Waals surface area (Å²) in [5, 5.41) is 3.31. The Morgan fingerprint density at radius 1 is 1.47 bits per heavy atom. The number of carbonyl (C=O) groups excluding carboxylic acids is 1. The lowest BCUT2D eigenvalue weighted by Crippen LogP contribution is -2.49. The lowest BCUT2D eigenvalue weighted by Gasteiger charge is -2.35. The summed E-state index contributed by atoms with van der Waals surface area (Å²) in [7, 11) is 0. The van der Waals surface area contributed by atoms with Crippen LogP contribution >= 0.6 is 0 Å². The van der Waals surface area contributed by atoms with Gasteiger partial charge in [-0.3, -0.25) is 4.79 Å². The van der Waals surface area contributed by atoms with Crippen LogP contribution in [-0.4, -0.2) is 43.0 Å². The molecule has 15 heavy (non-hydrogen) atoms. The van der Waals surface area contributed by atoms with Crippen LogP contribution in [0.15, 0.2) is 0 Å². The molecule has 4 heteroatoms. The Hall–Kier alpha value is -0.610. The number of nitrogens with zero attached hydrogens (tertiary/aromatic N) is 1. The van der Waals surface area contributed by atoms with E-state index in [0.717, 1.165) is 25.9 Å². The number of hydrogen-bond acceptors (Lipinski definition) is 3. The fraction of sp³-hybridized carbons (Fsp3) is 0.909. The van der Waals surface area contributed by atoms with Gasteiger partial charge >= 0.3 is 0 Å². The van der Waals surface area contributed by atoms with Crippen molar-refractivity contribution in [2.75, 3.05) is 26.2 Å². The van der Waals surface area contributed by atoms with Crippen molar-refractivity contribution in [2.45, 2.75) is 32.7 Å². The van der Waals surface area contributed by atoms with E-state index in [0.29, 0.717) is 19.1 Å². The van der Waals surface area contributed by atoms with E-state index >= 15 is 0 Å². The van der Waals surface area contributed by atoms with E-state index in [1.54, 1.807) is 0 Å². The molecule has 0 spiro atoms. The van der Waals surface area contributed by atoms with Crippen LogP contribution in [0.25, 0.3) is 0 Å². The summed E-state index contributed by atoms with van der Waals surface area (Å²) >= 11 is 0. The molecule has 1 heterocycles. The van der Waals surface area contributed by atoms with E-state index < -0.39 is 0 Å². The first-order valence-electron chi connectivity index (χ1n) is 5.88. The number of nitrogens with one attached hydrogen (secondary N) is 1. The first-order chi connectivity index (χ1) is 7.16. The number of piperidine rings is 1. The zero-order valence-corrected chi connectivity index (χ0v) is 9.83. The average Bonchev–Trinajstić information content (AvgIpc) is 2.26.